The lowest BCUT2D eigenvalue weighted by Gasteiger charge is -2.26. The number of anilines is 1. The summed E-state index contributed by atoms with van der Waals surface area (Å²) < 4.78 is 30.0. The van der Waals surface area contributed by atoms with Gasteiger partial charge in [-0.25, -0.2) is 9.50 Å². The number of fused-ring (bicyclic) bond motifs is 1. The predicted molar refractivity (Wildman–Crippen MR) is 145 cm³/mol. The Labute approximate surface area is 223 Å². The number of aromatic nitrogens is 4. The van der Waals surface area contributed by atoms with Crippen molar-refractivity contribution in [2.75, 3.05) is 33.3 Å². The molecule has 0 saturated heterocycles. The number of imidazole rings is 1. The maximum Gasteiger partial charge on any atom is 0.336 e. The van der Waals surface area contributed by atoms with Gasteiger partial charge in [0.15, 0.2) is 11.5 Å². The minimum absolute atomic E-state index is 0.0226. The quantitative estimate of drug-likeness (QED) is 0.243. The van der Waals surface area contributed by atoms with Crippen LogP contribution in [0.4, 0.5) is 5.82 Å². The van der Waals surface area contributed by atoms with E-state index < -0.39 is 0 Å². The normalized spacial score (nSPS) is 11.7. The highest BCUT2D eigenvalue weighted by atomic mass is 16.5. The molecule has 0 aliphatic carbocycles. The van der Waals surface area contributed by atoms with E-state index >= 15 is 0 Å². The Balaban J connectivity index is 1.81. The summed E-state index contributed by atoms with van der Waals surface area (Å²) in [6.45, 7) is 5.07. The van der Waals surface area contributed by atoms with Gasteiger partial charge in [0.05, 0.1) is 34.5 Å². The lowest BCUT2D eigenvalue weighted by molar-refractivity contribution is 0.189. The van der Waals surface area contributed by atoms with E-state index in [9.17, 15) is 0 Å². The molecule has 1 unspecified atom stereocenters. The summed E-state index contributed by atoms with van der Waals surface area (Å²) in [7, 11) is 6.56. The van der Waals surface area contributed by atoms with Gasteiger partial charge in [0, 0.05) is 48.7 Å². The molecule has 38 heavy (non-hydrogen) atoms. The summed E-state index contributed by atoms with van der Waals surface area (Å²) >= 11 is 0. The molecule has 1 atom stereocenters. The molecular weight excluding hydrogens is 486 g/mol. The third-order valence-electron chi connectivity index (χ3n) is 6.23. The topological polar surface area (TPSA) is 92.5 Å². The van der Waals surface area contributed by atoms with Crippen LogP contribution in [-0.2, 0) is 13.1 Å². The number of benzene rings is 2. The molecule has 0 aliphatic heterocycles. The first-order valence-corrected chi connectivity index (χ1v) is 12.5. The molecule has 10 nitrogen and oxygen atoms in total. The first kappa shape index (κ1) is 26.8. The summed E-state index contributed by atoms with van der Waals surface area (Å²) in [5, 5.41) is 4.54. The molecule has 2 aromatic heterocycles. The van der Waals surface area contributed by atoms with Gasteiger partial charge in [-0.1, -0.05) is 13.3 Å². The molecule has 0 radical (unpaired) electrons. The lowest BCUT2D eigenvalue weighted by atomic mass is 10.1. The monoisotopic (exact) mass is 521 g/mol. The second kappa shape index (κ2) is 12.4. The highest BCUT2D eigenvalue weighted by Gasteiger charge is 2.22. The van der Waals surface area contributed by atoms with Crippen molar-refractivity contribution < 1.29 is 23.7 Å². The van der Waals surface area contributed by atoms with E-state index in [0.29, 0.717) is 53.6 Å². The zero-order valence-corrected chi connectivity index (χ0v) is 22.8. The molecule has 0 N–H and O–H groups in total. The van der Waals surface area contributed by atoms with Crippen LogP contribution in [0.15, 0.2) is 48.8 Å². The highest BCUT2D eigenvalue weighted by Crippen LogP contribution is 2.32. The van der Waals surface area contributed by atoms with Crippen molar-refractivity contribution in [1.29, 1.82) is 0 Å². The van der Waals surface area contributed by atoms with E-state index in [0.717, 1.165) is 24.0 Å². The third-order valence-corrected chi connectivity index (χ3v) is 6.23. The van der Waals surface area contributed by atoms with Gasteiger partial charge in [-0.3, -0.25) is 0 Å². The lowest BCUT2D eigenvalue weighted by Crippen LogP contribution is -2.26. The third kappa shape index (κ3) is 6.01. The smallest absolute Gasteiger partial charge is 0.336 e. The zero-order chi connectivity index (χ0) is 27.1. The SMILES string of the molecule is CCCC(C)Oc1nc(N(Cc2ccc(OC)cc2OC)Cc2ccc(OC)cc2OC)c2nccn2n1. The molecule has 2 heterocycles. The molecular formula is C28H35N5O5. The van der Waals surface area contributed by atoms with E-state index in [1.54, 1.807) is 45.3 Å². The number of hydrogen-bond acceptors (Lipinski definition) is 9. The predicted octanol–water partition coefficient (Wildman–Crippen LogP) is 4.93. The maximum atomic E-state index is 6.09. The minimum Gasteiger partial charge on any atom is -0.497 e. The Morgan fingerprint density at radius 3 is 2.00 bits per heavy atom. The van der Waals surface area contributed by atoms with Crippen LogP contribution >= 0.6 is 0 Å². The van der Waals surface area contributed by atoms with E-state index in [-0.39, 0.29) is 6.10 Å². The number of rotatable bonds is 13. The molecule has 2 aromatic carbocycles. The Kier molecular flexibility index (Phi) is 8.73. The molecule has 202 valence electrons. The van der Waals surface area contributed by atoms with E-state index in [1.807, 2.05) is 43.3 Å². The zero-order valence-electron chi connectivity index (χ0n) is 22.8. The summed E-state index contributed by atoms with van der Waals surface area (Å²) in [4.78, 5) is 11.5. The van der Waals surface area contributed by atoms with Crippen molar-refractivity contribution in [1.82, 2.24) is 19.6 Å². The average molecular weight is 522 g/mol. The second-order valence-electron chi connectivity index (χ2n) is 8.84. The van der Waals surface area contributed by atoms with Gasteiger partial charge < -0.3 is 28.6 Å². The second-order valence-corrected chi connectivity index (χ2v) is 8.84. The van der Waals surface area contributed by atoms with Crippen LogP contribution in [-0.4, -0.2) is 54.1 Å². The van der Waals surface area contributed by atoms with Gasteiger partial charge in [0.1, 0.15) is 23.0 Å². The van der Waals surface area contributed by atoms with Gasteiger partial charge in [-0.15, -0.1) is 5.10 Å². The van der Waals surface area contributed by atoms with Gasteiger partial charge >= 0.3 is 6.01 Å². The van der Waals surface area contributed by atoms with Gasteiger partial charge in [0.25, 0.3) is 0 Å². The first-order valence-electron chi connectivity index (χ1n) is 12.5. The van der Waals surface area contributed by atoms with E-state index in [4.69, 9.17) is 28.7 Å². The number of nitrogens with zero attached hydrogens (tertiary/aromatic N) is 5. The van der Waals surface area contributed by atoms with Gasteiger partial charge in [-0.05, 0) is 37.6 Å². The summed E-state index contributed by atoms with van der Waals surface area (Å²) in [5.74, 6) is 3.47. The Morgan fingerprint density at radius 2 is 1.47 bits per heavy atom. The molecule has 0 amide bonds. The summed E-state index contributed by atoms with van der Waals surface area (Å²) in [6, 6.07) is 11.8. The number of methoxy groups -OCH3 is 4. The van der Waals surface area contributed by atoms with Crippen molar-refractivity contribution >= 4 is 11.5 Å². The van der Waals surface area contributed by atoms with Crippen LogP contribution < -0.4 is 28.6 Å². The summed E-state index contributed by atoms with van der Waals surface area (Å²) in [5.41, 5.74) is 2.51. The fourth-order valence-electron chi connectivity index (χ4n) is 4.28. The molecule has 0 fully saturated rings. The van der Waals surface area contributed by atoms with Crippen LogP contribution in [0.2, 0.25) is 0 Å². The fraction of sp³-hybridized carbons (Fsp3) is 0.393. The van der Waals surface area contributed by atoms with Crippen molar-refractivity contribution in [3.8, 4) is 29.0 Å². The van der Waals surface area contributed by atoms with Crippen molar-refractivity contribution in [2.24, 2.45) is 0 Å². The fourth-order valence-corrected chi connectivity index (χ4v) is 4.28. The first-order chi connectivity index (χ1) is 18.5. The molecule has 0 spiro atoms. The van der Waals surface area contributed by atoms with Gasteiger partial charge in [-0.2, -0.15) is 4.98 Å². The maximum absolute atomic E-state index is 6.09. The Morgan fingerprint density at radius 1 is 0.868 bits per heavy atom. The van der Waals surface area contributed by atoms with Crippen LogP contribution in [0.1, 0.15) is 37.8 Å². The van der Waals surface area contributed by atoms with Crippen LogP contribution in [0, 0.1) is 0 Å². The summed E-state index contributed by atoms with van der Waals surface area (Å²) in [6.07, 6.45) is 5.37. The largest absolute Gasteiger partial charge is 0.497 e. The van der Waals surface area contributed by atoms with Crippen LogP contribution in [0.5, 0.6) is 29.0 Å². The van der Waals surface area contributed by atoms with Gasteiger partial charge in [0.2, 0.25) is 0 Å². The molecule has 10 heteroatoms. The molecule has 0 bridgehead atoms. The Bertz CT molecular complexity index is 1300. The van der Waals surface area contributed by atoms with E-state index in [1.165, 1.54) is 0 Å². The number of ether oxygens (including phenoxy) is 5. The van der Waals surface area contributed by atoms with Crippen molar-refractivity contribution in [3.63, 3.8) is 0 Å². The molecule has 4 rings (SSSR count). The molecule has 0 aliphatic rings. The van der Waals surface area contributed by atoms with E-state index in [2.05, 4.69) is 21.9 Å². The van der Waals surface area contributed by atoms with Crippen LogP contribution in [0.3, 0.4) is 0 Å². The molecule has 4 aromatic rings. The number of hydrogen-bond donors (Lipinski definition) is 0. The van der Waals surface area contributed by atoms with Crippen LogP contribution in [0.25, 0.3) is 5.65 Å². The van der Waals surface area contributed by atoms with Crippen molar-refractivity contribution in [3.05, 3.63) is 59.9 Å². The van der Waals surface area contributed by atoms with Crippen molar-refractivity contribution in [2.45, 2.75) is 45.9 Å². The molecule has 0 saturated carbocycles. The average Bonchev–Trinajstić information content (AvgIpc) is 3.41. The minimum atomic E-state index is -0.0226. The standard InChI is InChI=1S/C28H35N5O5/c1-7-8-19(2)38-28-30-27(26-29-13-14-33(26)31-28)32(17-20-9-11-22(34-3)15-24(20)36-5)18-21-10-12-23(35-4)16-25(21)37-6/h9-16,19H,7-8,17-18H2,1-6H3. The Hall–Kier alpha value is -4.21. The highest BCUT2D eigenvalue weighted by molar-refractivity contribution is 5.65.